The summed E-state index contributed by atoms with van der Waals surface area (Å²) >= 11 is 0. The summed E-state index contributed by atoms with van der Waals surface area (Å²) in [5.74, 6) is 0.427. The number of likely N-dealkylation sites (N-methyl/N-ethyl adjacent to an activating group) is 1. The van der Waals surface area contributed by atoms with E-state index in [-0.39, 0.29) is 11.9 Å². The van der Waals surface area contributed by atoms with Crippen molar-refractivity contribution in [3.63, 3.8) is 0 Å². The van der Waals surface area contributed by atoms with Gasteiger partial charge < -0.3 is 10.6 Å². The maximum atomic E-state index is 11.4. The van der Waals surface area contributed by atoms with Gasteiger partial charge in [-0.05, 0) is 26.8 Å². The Labute approximate surface area is 89.3 Å². The van der Waals surface area contributed by atoms with Gasteiger partial charge in [0.05, 0.1) is 0 Å². The third kappa shape index (κ3) is 3.53. The van der Waals surface area contributed by atoms with Crippen molar-refractivity contribution in [3.8, 4) is 0 Å². The van der Waals surface area contributed by atoms with E-state index >= 15 is 0 Å². The van der Waals surface area contributed by atoms with Gasteiger partial charge in [0.25, 0.3) is 0 Å². The molecular weight excluding hydrogens is 192 g/mol. The molecule has 5 heteroatoms. The van der Waals surface area contributed by atoms with Crippen molar-refractivity contribution in [2.75, 3.05) is 11.9 Å². The Kier molecular flexibility index (Phi) is 4.03. The second kappa shape index (κ2) is 5.29. The van der Waals surface area contributed by atoms with Crippen LogP contribution in [0.2, 0.25) is 0 Å². The van der Waals surface area contributed by atoms with Crippen LogP contribution in [0.5, 0.6) is 0 Å². The molecule has 1 rings (SSSR count). The summed E-state index contributed by atoms with van der Waals surface area (Å²) < 4.78 is 0. The third-order valence-corrected chi connectivity index (χ3v) is 1.88. The van der Waals surface area contributed by atoms with Crippen LogP contribution in [0.15, 0.2) is 12.3 Å². The van der Waals surface area contributed by atoms with Crippen molar-refractivity contribution in [1.82, 2.24) is 15.3 Å². The molecule has 0 aliphatic carbocycles. The van der Waals surface area contributed by atoms with Gasteiger partial charge in [0.2, 0.25) is 11.9 Å². The molecule has 82 valence electrons. The monoisotopic (exact) mass is 208 g/mol. The Balaban J connectivity index is 2.58. The van der Waals surface area contributed by atoms with Crippen molar-refractivity contribution in [3.05, 3.63) is 18.0 Å². The second-order valence-electron chi connectivity index (χ2n) is 3.28. The number of aromatic nitrogens is 2. The standard InChI is InChI=1S/C10H16N4O/c1-4-11-9(15)8(3)14-10-12-6-5-7(2)13-10/h5-6,8H,4H2,1-3H3,(H,11,15)(H,12,13,14). The van der Waals surface area contributed by atoms with Crippen molar-refractivity contribution < 1.29 is 4.79 Å². The summed E-state index contributed by atoms with van der Waals surface area (Å²) in [4.78, 5) is 19.6. The molecule has 0 fully saturated rings. The second-order valence-corrected chi connectivity index (χ2v) is 3.28. The number of nitrogens with zero attached hydrogens (tertiary/aromatic N) is 2. The largest absolute Gasteiger partial charge is 0.355 e. The van der Waals surface area contributed by atoms with Gasteiger partial charge in [0.1, 0.15) is 6.04 Å². The first-order chi connectivity index (χ1) is 7.13. The fourth-order valence-electron chi connectivity index (χ4n) is 1.10. The third-order valence-electron chi connectivity index (χ3n) is 1.88. The number of nitrogens with one attached hydrogen (secondary N) is 2. The average Bonchev–Trinajstić information content (AvgIpc) is 2.18. The Morgan fingerprint density at radius 1 is 1.60 bits per heavy atom. The number of aryl methyl sites for hydroxylation is 1. The highest BCUT2D eigenvalue weighted by Crippen LogP contribution is 2.01. The van der Waals surface area contributed by atoms with Crippen molar-refractivity contribution in [2.24, 2.45) is 0 Å². The maximum absolute atomic E-state index is 11.4. The number of rotatable bonds is 4. The van der Waals surface area contributed by atoms with Crippen LogP contribution in [0.4, 0.5) is 5.95 Å². The van der Waals surface area contributed by atoms with Crippen molar-refractivity contribution in [1.29, 1.82) is 0 Å². The number of hydrogen-bond donors (Lipinski definition) is 2. The molecular formula is C10H16N4O. The number of anilines is 1. The summed E-state index contributed by atoms with van der Waals surface area (Å²) in [6.45, 7) is 6.16. The highest BCUT2D eigenvalue weighted by Gasteiger charge is 2.12. The van der Waals surface area contributed by atoms with Gasteiger partial charge in [-0.2, -0.15) is 0 Å². The minimum Gasteiger partial charge on any atom is -0.355 e. The molecule has 0 aliphatic rings. The highest BCUT2D eigenvalue weighted by molar-refractivity contribution is 5.83. The Hall–Kier alpha value is -1.65. The van der Waals surface area contributed by atoms with Crippen LogP contribution in [0, 0.1) is 6.92 Å². The smallest absolute Gasteiger partial charge is 0.242 e. The fraction of sp³-hybridized carbons (Fsp3) is 0.500. The van der Waals surface area contributed by atoms with Crippen LogP contribution in [0.3, 0.4) is 0 Å². The zero-order chi connectivity index (χ0) is 11.3. The number of amides is 1. The summed E-state index contributed by atoms with van der Waals surface area (Å²) in [6, 6.07) is 1.48. The normalized spacial score (nSPS) is 11.9. The van der Waals surface area contributed by atoms with E-state index in [1.807, 2.05) is 19.9 Å². The molecule has 0 saturated carbocycles. The number of carbonyl (C=O) groups excluding carboxylic acids is 1. The lowest BCUT2D eigenvalue weighted by Crippen LogP contribution is -2.37. The van der Waals surface area contributed by atoms with Crippen LogP contribution in [0.1, 0.15) is 19.5 Å². The van der Waals surface area contributed by atoms with E-state index in [1.54, 1.807) is 13.1 Å². The van der Waals surface area contributed by atoms with Gasteiger partial charge in [-0.3, -0.25) is 4.79 Å². The van der Waals surface area contributed by atoms with E-state index in [0.717, 1.165) is 5.69 Å². The lowest BCUT2D eigenvalue weighted by molar-refractivity contribution is -0.121. The summed E-state index contributed by atoms with van der Waals surface area (Å²) in [5, 5.41) is 5.66. The molecule has 1 aromatic rings. The quantitative estimate of drug-likeness (QED) is 0.765. The molecule has 0 aliphatic heterocycles. The minimum atomic E-state index is -0.327. The van der Waals surface area contributed by atoms with Gasteiger partial charge in [-0.25, -0.2) is 9.97 Å². The zero-order valence-electron chi connectivity index (χ0n) is 9.24. The van der Waals surface area contributed by atoms with E-state index in [1.165, 1.54) is 0 Å². The summed E-state index contributed by atoms with van der Waals surface area (Å²) in [6.07, 6.45) is 1.66. The minimum absolute atomic E-state index is 0.0531. The lowest BCUT2D eigenvalue weighted by atomic mass is 10.3. The van der Waals surface area contributed by atoms with Gasteiger partial charge >= 0.3 is 0 Å². The molecule has 0 bridgehead atoms. The molecule has 5 nitrogen and oxygen atoms in total. The molecule has 0 spiro atoms. The van der Waals surface area contributed by atoms with E-state index in [0.29, 0.717) is 12.5 Å². The van der Waals surface area contributed by atoms with E-state index < -0.39 is 0 Å². The van der Waals surface area contributed by atoms with Crippen LogP contribution < -0.4 is 10.6 Å². The average molecular weight is 208 g/mol. The Morgan fingerprint density at radius 3 is 2.93 bits per heavy atom. The molecule has 1 heterocycles. The number of hydrogen-bond acceptors (Lipinski definition) is 4. The van der Waals surface area contributed by atoms with Crippen LogP contribution in [-0.2, 0) is 4.79 Å². The summed E-state index contributed by atoms with van der Waals surface area (Å²) in [7, 11) is 0. The molecule has 0 saturated heterocycles. The van der Waals surface area contributed by atoms with E-state index in [9.17, 15) is 4.79 Å². The maximum Gasteiger partial charge on any atom is 0.242 e. The van der Waals surface area contributed by atoms with Crippen molar-refractivity contribution in [2.45, 2.75) is 26.8 Å². The predicted molar refractivity (Wildman–Crippen MR) is 58.5 cm³/mol. The van der Waals surface area contributed by atoms with Crippen LogP contribution >= 0.6 is 0 Å². The van der Waals surface area contributed by atoms with Gasteiger partial charge in [-0.1, -0.05) is 0 Å². The first-order valence-electron chi connectivity index (χ1n) is 4.97. The van der Waals surface area contributed by atoms with E-state index in [2.05, 4.69) is 20.6 Å². The predicted octanol–water partition coefficient (Wildman–Crippen LogP) is 0.722. The molecule has 1 unspecified atom stereocenters. The Morgan fingerprint density at radius 2 is 2.33 bits per heavy atom. The van der Waals surface area contributed by atoms with Gasteiger partial charge in [-0.15, -0.1) is 0 Å². The molecule has 1 amide bonds. The molecule has 15 heavy (non-hydrogen) atoms. The summed E-state index contributed by atoms with van der Waals surface area (Å²) in [5.41, 5.74) is 0.871. The molecule has 1 atom stereocenters. The van der Waals surface area contributed by atoms with Crippen LogP contribution in [-0.4, -0.2) is 28.5 Å². The first-order valence-corrected chi connectivity index (χ1v) is 4.97. The lowest BCUT2D eigenvalue weighted by Gasteiger charge is -2.12. The molecule has 2 N–H and O–H groups in total. The SMILES string of the molecule is CCNC(=O)C(C)Nc1nccc(C)n1. The van der Waals surface area contributed by atoms with Crippen LogP contribution in [0.25, 0.3) is 0 Å². The molecule has 0 aromatic carbocycles. The van der Waals surface area contributed by atoms with Gasteiger partial charge in [0, 0.05) is 18.4 Å². The first kappa shape index (κ1) is 11.4. The Bertz CT molecular complexity index is 340. The molecule has 0 radical (unpaired) electrons. The molecule has 1 aromatic heterocycles. The topological polar surface area (TPSA) is 66.9 Å². The fourth-order valence-corrected chi connectivity index (χ4v) is 1.10. The van der Waals surface area contributed by atoms with Crippen molar-refractivity contribution >= 4 is 11.9 Å². The number of carbonyl (C=O) groups is 1. The van der Waals surface area contributed by atoms with E-state index in [4.69, 9.17) is 0 Å². The van der Waals surface area contributed by atoms with Gasteiger partial charge in [0.15, 0.2) is 0 Å². The zero-order valence-corrected chi connectivity index (χ0v) is 9.24. The highest BCUT2D eigenvalue weighted by atomic mass is 16.2.